The molecular formula is C25H33N3O2. The summed E-state index contributed by atoms with van der Waals surface area (Å²) in [5.41, 5.74) is 2.20. The molecule has 0 unspecified atom stereocenters. The van der Waals surface area contributed by atoms with Crippen molar-refractivity contribution in [3.05, 3.63) is 42.1 Å². The number of β-amino-alcohol motifs (C(OH)–C–C–N with tert-alkyl or cyclic N) is 1. The molecule has 30 heavy (non-hydrogen) atoms. The summed E-state index contributed by atoms with van der Waals surface area (Å²) >= 11 is 0. The Bertz CT molecular complexity index is 882. The van der Waals surface area contributed by atoms with E-state index in [4.69, 9.17) is 0 Å². The molecule has 3 heterocycles. The van der Waals surface area contributed by atoms with Crippen LogP contribution in [0.3, 0.4) is 0 Å². The highest BCUT2D eigenvalue weighted by atomic mass is 16.3. The number of fused-ring (bicyclic) bond motifs is 1. The Kier molecular flexibility index (Phi) is 5.74. The van der Waals surface area contributed by atoms with Gasteiger partial charge in [0.1, 0.15) is 0 Å². The van der Waals surface area contributed by atoms with Gasteiger partial charge in [-0.05, 0) is 62.9 Å². The van der Waals surface area contributed by atoms with Crippen LogP contribution in [0, 0.1) is 11.8 Å². The van der Waals surface area contributed by atoms with E-state index in [1.54, 1.807) is 0 Å². The first-order chi connectivity index (χ1) is 14.7. The van der Waals surface area contributed by atoms with Crippen molar-refractivity contribution in [2.24, 2.45) is 11.8 Å². The van der Waals surface area contributed by atoms with Crippen LogP contribution >= 0.6 is 0 Å². The van der Waals surface area contributed by atoms with E-state index in [0.29, 0.717) is 13.1 Å². The molecule has 2 aliphatic heterocycles. The van der Waals surface area contributed by atoms with Gasteiger partial charge in [-0.2, -0.15) is 0 Å². The van der Waals surface area contributed by atoms with Crippen molar-refractivity contribution in [3.8, 4) is 0 Å². The van der Waals surface area contributed by atoms with Crippen LogP contribution in [-0.2, 0) is 11.2 Å². The number of carbonyl (C=O) groups excluding carboxylic acids is 1. The number of carbonyl (C=O) groups is 1. The summed E-state index contributed by atoms with van der Waals surface area (Å²) in [4.78, 5) is 22.2. The zero-order valence-electron chi connectivity index (χ0n) is 17.7. The predicted molar refractivity (Wildman–Crippen MR) is 118 cm³/mol. The summed E-state index contributed by atoms with van der Waals surface area (Å²) in [6.07, 6.45) is 9.54. The first kappa shape index (κ1) is 20.0. The maximum absolute atomic E-state index is 13.2. The minimum Gasteiger partial charge on any atom is -0.391 e. The van der Waals surface area contributed by atoms with Crippen LogP contribution in [0.4, 0.5) is 0 Å². The van der Waals surface area contributed by atoms with Crippen molar-refractivity contribution < 1.29 is 9.90 Å². The number of hydrogen-bond donors (Lipinski definition) is 1. The fourth-order valence-electron chi connectivity index (χ4n) is 5.89. The van der Waals surface area contributed by atoms with E-state index in [-0.39, 0.29) is 17.7 Å². The van der Waals surface area contributed by atoms with Crippen LogP contribution in [0.15, 0.2) is 36.5 Å². The Morgan fingerprint density at radius 1 is 1.03 bits per heavy atom. The molecule has 1 aliphatic carbocycles. The Labute approximate surface area is 179 Å². The molecule has 1 aromatic heterocycles. The molecule has 5 nitrogen and oxygen atoms in total. The topological polar surface area (TPSA) is 56.7 Å². The zero-order valence-corrected chi connectivity index (χ0v) is 17.7. The second-order valence-electron chi connectivity index (χ2n) is 9.51. The molecule has 3 aliphatic rings. The van der Waals surface area contributed by atoms with Gasteiger partial charge in [0.25, 0.3) is 0 Å². The number of para-hydroxylation sites is 1. The lowest BCUT2D eigenvalue weighted by Crippen LogP contribution is -2.45. The number of pyridine rings is 1. The number of benzene rings is 1. The highest BCUT2D eigenvalue weighted by Gasteiger charge is 2.38. The van der Waals surface area contributed by atoms with Crippen molar-refractivity contribution in [2.45, 2.75) is 57.1 Å². The van der Waals surface area contributed by atoms with E-state index in [1.165, 1.54) is 31.2 Å². The molecular weight excluding hydrogens is 374 g/mol. The molecule has 0 bridgehead atoms. The van der Waals surface area contributed by atoms with Crippen molar-refractivity contribution in [1.82, 2.24) is 14.8 Å². The van der Waals surface area contributed by atoms with Crippen LogP contribution in [-0.4, -0.2) is 64.1 Å². The third kappa shape index (κ3) is 3.97. The lowest BCUT2D eigenvalue weighted by atomic mass is 9.93. The molecule has 1 amide bonds. The third-order valence-corrected chi connectivity index (χ3v) is 7.66. The van der Waals surface area contributed by atoms with E-state index < -0.39 is 6.10 Å². The van der Waals surface area contributed by atoms with E-state index in [9.17, 15) is 9.90 Å². The predicted octanol–water partition coefficient (Wildman–Crippen LogP) is 3.25. The standard InChI is InChI=1S/C25H33N3O2/c29-24-17-28(25(30)18-10-13-27(14-11-18)21-5-1-2-6-21)16-20(24)15-19-9-12-26-23-8-4-3-7-22(19)23/h3-4,7-9,12,18,20-21,24,29H,1-2,5-6,10-11,13-17H2/t20-,24+/m1/s1. The fourth-order valence-corrected chi connectivity index (χ4v) is 5.89. The molecule has 2 saturated heterocycles. The monoisotopic (exact) mass is 407 g/mol. The molecule has 5 rings (SSSR count). The maximum Gasteiger partial charge on any atom is 0.225 e. The Hall–Kier alpha value is -1.98. The summed E-state index contributed by atoms with van der Waals surface area (Å²) in [7, 11) is 0. The minimum atomic E-state index is -0.445. The maximum atomic E-state index is 13.2. The molecule has 1 N–H and O–H groups in total. The Morgan fingerprint density at radius 3 is 2.60 bits per heavy atom. The number of aromatic nitrogens is 1. The lowest BCUT2D eigenvalue weighted by Gasteiger charge is -2.36. The van der Waals surface area contributed by atoms with Gasteiger partial charge in [0.05, 0.1) is 11.6 Å². The van der Waals surface area contributed by atoms with E-state index in [1.807, 2.05) is 29.3 Å². The summed E-state index contributed by atoms with van der Waals surface area (Å²) < 4.78 is 0. The minimum absolute atomic E-state index is 0.0957. The first-order valence-corrected chi connectivity index (χ1v) is 11.7. The van der Waals surface area contributed by atoms with Gasteiger partial charge in [0, 0.05) is 42.6 Å². The lowest BCUT2D eigenvalue weighted by molar-refractivity contribution is -0.136. The van der Waals surface area contributed by atoms with Crippen molar-refractivity contribution in [1.29, 1.82) is 0 Å². The van der Waals surface area contributed by atoms with Gasteiger partial charge in [-0.1, -0.05) is 31.0 Å². The zero-order chi connectivity index (χ0) is 20.5. The first-order valence-electron chi connectivity index (χ1n) is 11.7. The van der Waals surface area contributed by atoms with Gasteiger partial charge < -0.3 is 14.9 Å². The molecule has 1 saturated carbocycles. The Morgan fingerprint density at radius 2 is 1.80 bits per heavy atom. The number of amides is 1. The largest absolute Gasteiger partial charge is 0.391 e. The Balaban J connectivity index is 1.20. The van der Waals surface area contributed by atoms with Gasteiger partial charge >= 0.3 is 0 Å². The summed E-state index contributed by atoms with van der Waals surface area (Å²) in [6.45, 7) is 3.27. The van der Waals surface area contributed by atoms with Crippen LogP contribution in [0.2, 0.25) is 0 Å². The van der Waals surface area contributed by atoms with Crippen LogP contribution in [0.5, 0.6) is 0 Å². The SMILES string of the molecule is O=C(C1CCN(C2CCCC2)CC1)N1C[C@@H](Cc2ccnc3ccccc23)[C@@H](O)C1. The van der Waals surface area contributed by atoms with Crippen LogP contribution in [0.1, 0.15) is 44.1 Å². The van der Waals surface area contributed by atoms with E-state index in [2.05, 4.69) is 22.0 Å². The van der Waals surface area contributed by atoms with Gasteiger partial charge in [0.15, 0.2) is 0 Å². The molecule has 0 radical (unpaired) electrons. The van der Waals surface area contributed by atoms with Gasteiger partial charge in [-0.3, -0.25) is 9.78 Å². The number of likely N-dealkylation sites (tertiary alicyclic amines) is 2. The average Bonchev–Trinajstić information content (AvgIpc) is 3.44. The summed E-state index contributed by atoms with van der Waals surface area (Å²) in [6, 6.07) is 11.0. The van der Waals surface area contributed by atoms with Crippen molar-refractivity contribution in [3.63, 3.8) is 0 Å². The van der Waals surface area contributed by atoms with Gasteiger partial charge in [0.2, 0.25) is 5.91 Å². The molecule has 1 aromatic carbocycles. The number of hydrogen-bond acceptors (Lipinski definition) is 4. The second kappa shape index (κ2) is 8.64. The number of piperidine rings is 1. The number of nitrogens with zero attached hydrogens (tertiary/aromatic N) is 3. The third-order valence-electron chi connectivity index (χ3n) is 7.66. The van der Waals surface area contributed by atoms with Gasteiger partial charge in [-0.25, -0.2) is 0 Å². The van der Waals surface area contributed by atoms with E-state index >= 15 is 0 Å². The second-order valence-corrected chi connectivity index (χ2v) is 9.51. The fraction of sp³-hybridized carbons (Fsp3) is 0.600. The molecule has 3 fully saturated rings. The molecule has 2 atom stereocenters. The van der Waals surface area contributed by atoms with Crippen molar-refractivity contribution in [2.75, 3.05) is 26.2 Å². The smallest absolute Gasteiger partial charge is 0.225 e. The highest BCUT2D eigenvalue weighted by Crippen LogP contribution is 2.31. The molecule has 0 spiro atoms. The van der Waals surface area contributed by atoms with E-state index in [0.717, 1.165) is 49.3 Å². The van der Waals surface area contributed by atoms with Crippen LogP contribution < -0.4 is 0 Å². The van der Waals surface area contributed by atoms with Crippen LogP contribution in [0.25, 0.3) is 10.9 Å². The normalized spacial score (nSPS) is 26.6. The summed E-state index contributed by atoms with van der Waals surface area (Å²) in [5, 5.41) is 11.9. The summed E-state index contributed by atoms with van der Waals surface area (Å²) in [5.74, 6) is 0.496. The average molecular weight is 408 g/mol. The quantitative estimate of drug-likeness (QED) is 0.845. The molecule has 2 aromatic rings. The number of aliphatic hydroxyl groups is 1. The van der Waals surface area contributed by atoms with Gasteiger partial charge in [-0.15, -0.1) is 0 Å². The molecule has 160 valence electrons. The number of aliphatic hydroxyl groups excluding tert-OH is 1. The van der Waals surface area contributed by atoms with Crippen molar-refractivity contribution >= 4 is 16.8 Å². The molecule has 5 heteroatoms. The highest BCUT2D eigenvalue weighted by molar-refractivity contribution is 5.82. The number of rotatable bonds is 4.